The number of carbonyl (C=O) groups is 3. The van der Waals surface area contributed by atoms with Crippen LogP contribution in [-0.4, -0.2) is 85.8 Å². The van der Waals surface area contributed by atoms with E-state index in [0.717, 1.165) is 11.1 Å². The van der Waals surface area contributed by atoms with Gasteiger partial charge in [-0.15, -0.1) is 0 Å². The molecule has 9 nitrogen and oxygen atoms in total. The number of esters is 2. The fourth-order valence-corrected chi connectivity index (χ4v) is 3.75. The van der Waals surface area contributed by atoms with Gasteiger partial charge in [-0.05, 0) is 22.3 Å². The van der Waals surface area contributed by atoms with E-state index in [9.17, 15) is 36.7 Å². The highest BCUT2D eigenvalue weighted by Crippen LogP contribution is 2.30. The Kier molecular flexibility index (Phi) is 9.51. The second-order valence-electron chi connectivity index (χ2n) is 6.73. The molecule has 1 rings (SSSR count). The Morgan fingerprint density at radius 2 is 1.28 bits per heavy atom. The SMILES string of the molecule is BCc1c(CB)c(CB)c(C(=O)OCC(=O)OCC(F)(F)S(=O)(=O)O)c(C(=O)O)c1CB. The van der Waals surface area contributed by atoms with E-state index >= 15 is 0 Å². The number of halogens is 2. The van der Waals surface area contributed by atoms with Crippen molar-refractivity contribution in [3.05, 3.63) is 33.4 Å². The predicted octanol–water partition coefficient (Wildman–Crippen LogP) is -2.90. The zero-order chi connectivity index (χ0) is 24.9. The van der Waals surface area contributed by atoms with Crippen molar-refractivity contribution in [1.29, 1.82) is 0 Å². The number of carboxylic acids is 1. The van der Waals surface area contributed by atoms with Crippen LogP contribution in [0.3, 0.4) is 0 Å². The summed E-state index contributed by atoms with van der Waals surface area (Å²) in [7, 11) is 1.40. The highest BCUT2D eigenvalue weighted by atomic mass is 32.2. The van der Waals surface area contributed by atoms with Crippen molar-refractivity contribution in [1.82, 2.24) is 0 Å². The van der Waals surface area contributed by atoms with Gasteiger partial charge in [0.05, 0.1) is 11.1 Å². The second kappa shape index (κ2) is 11.0. The molecule has 1 aromatic rings. The normalized spacial score (nSPS) is 11.7. The first-order valence-corrected chi connectivity index (χ1v) is 11.3. The number of aromatic carboxylic acids is 1. The average molecular weight is 472 g/mol. The zero-order valence-corrected chi connectivity index (χ0v) is 19.0. The molecule has 0 aromatic heterocycles. The molecule has 1 aromatic carbocycles. The van der Waals surface area contributed by atoms with Crippen LogP contribution in [-0.2, 0) is 49.7 Å². The van der Waals surface area contributed by atoms with Crippen LogP contribution in [0.1, 0.15) is 43.0 Å². The number of hydrogen-bond acceptors (Lipinski definition) is 7. The summed E-state index contributed by atoms with van der Waals surface area (Å²) in [5.74, 6) is -4.01. The molecule has 0 radical (unpaired) electrons. The van der Waals surface area contributed by atoms with Gasteiger partial charge in [0.2, 0.25) is 0 Å². The molecule has 0 unspecified atom stereocenters. The minimum atomic E-state index is -5.80. The largest absolute Gasteiger partial charge is 0.478 e. The van der Waals surface area contributed by atoms with Crippen molar-refractivity contribution in [3.63, 3.8) is 0 Å². The standard InChI is InChI=1S/C16H22B4F2O9S/c17-1-7-8(2-18)10(4-20)13(12(14(24)25)9(7)3-19)15(26)30-5-11(23)31-6-16(21,22)32(27,28)29/h1-6,17-20H2,(H,24,25)(H,27,28,29). The molecule has 32 heavy (non-hydrogen) atoms. The summed E-state index contributed by atoms with van der Waals surface area (Å²) in [5.41, 5.74) is 2.09. The Morgan fingerprint density at radius 3 is 1.66 bits per heavy atom. The Morgan fingerprint density at radius 1 is 0.844 bits per heavy atom. The molecule has 0 amide bonds. The first kappa shape index (κ1) is 27.7. The third-order valence-corrected chi connectivity index (χ3v) is 5.75. The van der Waals surface area contributed by atoms with E-state index in [1.54, 1.807) is 15.7 Å². The summed E-state index contributed by atoms with van der Waals surface area (Å²) in [6, 6.07) is 0. The van der Waals surface area contributed by atoms with Crippen molar-refractivity contribution in [2.45, 2.75) is 30.5 Å². The molecule has 0 spiro atoms. The predicted molar refractivity (Wildman–Crippen MR) is 120 cm³/mol. The number of hydrogen-bond donors (Lipinski definition) is 2. The van der Waals surface area contributed by atoms with Crippen LogP contribution in [0.5, 0.6) is 0 Å². The third-order valence-electron chi connectivity index (χ3n) is 4.88. The van der Waals surface area contributed by atoms with Gasteiger partial charge in [-0.1, -0.05) is 25.3 Å². The van der Waals surface area contributed by atoms with E-state index in [-0.39, 0.29) is 11.1 Å². The molecule has 0 saturated heterocycles. The number of benzene rings is 1. The lowest BCUT2D eigenvalue weighted by Gasteiger charge is -2.23. The first-order valence-electron chi connectivity index (χ1n) is 9.87. The summed E-state index contributed by atoms with van der Waals surface area (Å²) in [6.45, 7) is -3.14. The molecule has 0 aliphatic heterocycles. The lowest BCUT2D eigenvalue weighted by molar-refractivity contribution is -0.153. The maximum atomic E-state index is 13.1. The van der Waals surface area contributed by atoms with E-state index in [0.29, 0.717) is 36.4 Å². The monoisotopic (exact) mass is 472 g/mol. The fraction of sp³-hybridized carbons (Fsp3) is 0.438. The molecular weight excluding hydrogens is 449 g/mol. The Balaban J connectivity index is 3.28. The van der Waals surface area contributed by atoms with E-state index in [2.05, 4.69) is 4.74 Å². The van der Waals surface area contributed by atoms with Crippen molar-refractivity contribution in [3.8, 4) is 0 Å². The zero-order valence-electron chi connectivity index (χ0n) is 18.2. The Hall–Kier alpha value is -2.34. The van der Waals surface area contributed by atoms with Crippen LogP contribution in [0, 0.1) is 0 Å². The van der Waals surface area contributed by atoms with Gasteiger partial charge in [0.15, 0.2) is 13.2 Å². The molecule has 2 N–H and O–H groups in total. The molecule has 0 bridgehead atoms. The highest BCUT2D eigenvalue weighted by Gasteiger charge is 2.45. The quantitative estimate of drug-likeness (QED) is 0.197. The number of carboxylic acid groups (broad SMARTS) is 1. The number of carbonyl (C=O) groups excluding carboxylic acids is 2. The fourth-order valence-electron chi connectivity index (χ4n) is 3.54. The van der Waals surface area contributed by atoms with Crippen molar-refractivity contribution in [2.24, 2.45) is 0 Å². The summed E-state index contributed by atoms with van der Waals surface area (Å²) < 4.78 is 64.6. The molecule has 0 atom stereocenters. The van der Waals surface area contributed by atoms with E-state index in [4.69, 9.17) is 9.29 Å². The van der Waals surface area contributed by atoms with Crippen molar-refractivity contribution in [2.75, 3.05) is 13.2 Å². The summed E-state index contributed by atoms with van der Waals surface area (Å²) >= 11 is 0. The van der Waals surface area contributed by atoms with Gasteiger partial charge in [-0.25, -0.2) is 14.4 Å². The van der Waals surface area contributed by atoms with Gasteiger partial charge in [-0.3, -0.25) is 4.55 Å². The third kappa shape index (κ3) is 5.91. The molecule has 0 saturated carbocycles. The first-order chi connectivity index (χ1) is 14.8. The Labute approximate surface area is 187 Å². The minimum Gasteiger partial charge on any atom is -0.478 e. The summed E-state index contributed by atoms with van der Waals surface area (Å²) in [5, 5.41) is 5.06. The molecule has 0 heterocycles. The van der Waals surface area contributed by atoms with Gasteiger partial charge in [0.25, 0.3) is 0 Å². The molecule has 0 aliphatic carbocycles. The molecule has 0 aliphatic rings. The van der Waals surface area contributed by atoms with Crippen LogP contribution >= 0.6 is 0 Å². The number of ether oxygens (including phenoxy) is 2. The van der Waals surface area contributed by atoms with Gasteiger partial charge < -0.3 is 14.6 Å². The van der Waals surface area contributed by atoms with E-state index < -0.39 is 46.5 Å². The second-order valence-corrected chi connectivity index (χ2v) is 8.28. The van der Waals surface area contributed by atoms with Crippen LogP contribution in [0.25, 0.3) is 0 Å². The average Bonchev–Trinajstić information content (AvgIpc) is 2.72. The highest BCUT2D eigenvalue weighted by molar-refractivity contribution is 7.86. The molecular formula is C16H22B4F2O9S. The minimum absolute atomic E-state index is 0.220. The van der Waals surface area contributed by atoms with Crippen molar-refractivity contribution >= 4 is 59.4 Å². The maximum absolute atomic E-state index is 13.1. The van der Waals surface area contributed by atoms with Gasteiger partial charge in [-0.2, -0.15) is 17.2 Å². The Bertz CT molecular complexity index is 1020. The van der Waals surface area contributed by atoms with E-state index in [1.165, 1.54) is 0 Å². The van der Waals surface area contributed by atoms with Crippen LogP contribution in [0.2, 0.25) is 0 Å². The van der Waals surface area contributed by atoms with Crippen LogP contribution < -0.4 is 0 Å². The smallest absolute Gasteiger partial charge is 0.402 e. The summed E-state index contributed by atoms with van der Waals surface area (Å²) in [4.78, 5) is 36.4. The van der Waals surface area contributed by atoms with Gasteiger partial charge >= 0.3 is 33.3 Å². The maximum Gasteiger partial charge on any atom is 0.402 e. The van der Waals surface area contributed by atoms with Crippen LogP contribution in [0.15, 0.2) is 0 Å². The lowest BCUT2D eigenvalue weighted by atomic mass is 9.72. The number of rotatable bonds is 11. The number of alkyl halides is 2. The van der Waals surface area contributed by atoms with Gasteiger partial charge in [0, 0.05) is 0 Å². The van der Waals surface area contributed by atoms with Crippen LogP contribution in [0.4, 0.5) is 8.78 Å². The molecule has 0 fully saturated rings. The summed E-state index contributed by atoms with van der Waals surface area (Å²) in [6.07, 6.45) is 1.69. The lowest BCUT2D eigenvalue weighted by Crippen LogP contribution is -2.35. The molecule has 16 heteroatoms. The topological polar surface area (TPSA) is 144 Å². The van der Waals surface area contributed by atoms with Gasteiger partial charge in [0.1, 0.15) is 31.4 Å². The van der Waals surface area contributed by atoms with E-state index in [1.807, 2.05) is 15.7 Å². The van der Waals surface area contributed by atoms with Crippen molar-refractivity contribution < 1.29 is 50.7 Å². The molecule has 172 valence electrons.